The van der Waals surface area contributed by atoms with Gasteiger partial charge in [-0.3, -0.25) is 9.35 Å². The van der Waals surface area contributed by atoms with Crippen molar-refractivity contribution in [1.29, 1.82) is 0 Å². The van der Waals surface area contributed by atoms with Gasteiger partial charge in [0.05, 0.1) is 6.61 Å². The Hall–Kier alpha value is -1.55. The first-order valence-electron chi connectivity index (χ1n) is 6.14. The van der Waals surface area contributed by atoms with Crippen molar-refractivity contribution < 1.29 is 40.4 Å². The number of carbonyl (C=O) groups is 1. The second-order valence-corrected chi connectivity index (χ2v) is 5.81. The van der Waals surface area contributed by atoms with Crippen LogP contribution in [0.3, 0.4) is 0 Å². The quantitative estimate of drug-likeness (QED) is 0.203. The summed E-state index contributed by atoms with van der Waals surface area (Å²) >= 11 is 0. The molecule has 0 aromatic heterocycles. The predicted molar refractivity (Wildman–Crippen MR) is 71.3 cm³/mol. The molecule has 0 aliphatic carbocycles. The Balaban J connectivity index is 3.80. The summed E-state index contributed by atoms with van der Waals surface area (Å²) in [5.74, 6) is -2.00. The number of allylic oxidation sites excluding steroid dienone is 1. The summed E-state index contributed by atoms with van der Waals surface area (Å²) in [6, 6.07) is 0. The molecule has 0 atom stereocenters. The minimum atomic E-state index is -5.62. The highest BCUT2D eigenvalue weighted by atomic mass is 32.2. The summed E-state index contributed by atoms with van der Waals surface area (Å²) in [5.41, 5.74) is 0. The Morgan fingerprint density at radius 2 is 1.73 bits per heavy atom. The van der Waals surface area contributed by atoms with E-state index in [2.05, 4.69) is 17.9 Å². The molecule has 10 heteroatoms. The van der Waals surface area contributed by atoms with Gasteiger partial charge in [0.15, 0.2) is 12.4 Å². The largest absolute Gasteiger partial charge is 0.491 e. The lowest BCUT2D eigenvalue weighted by Crippen LogP contribution is -2.34. The number of rotatable bonds is 11. The Morgan fingerprint density at radius 1 is 1.14 bits per heavy atom. The van der Waals surface area contributed by atoms with E-state index in [9.17, 15) is 26.4 Å². The summed E-state index contributed by atoms with van der Waals surface area (Å²) in [4.78, 5) is 11.1. The van der Waals surface area contributed by atoms with Crippen LogP contribution in [0, 0.1) is 0 Å². The molecule has 0 aromatic carbocycles. The minimum absolute atomic E-state index is 0.150. The van der Waals surface area contributed by atoms with E-state index in [1.165, 1.54) is 0 Å². The van der Waals surface area contributed by atoms with Crippen LogP contribution in [0.2, 0.25) is 0 Å². The predicted octanol–water partition coefficient (Wildman–Crippen LogP) is 2.58. The van der Waals surface area contributed by atoms with Gasteiger partial charge >= 0.3 is 21.3 Å². The molecule has 0 rings (SSSR count). The molecule has 0 aromatic rings. The van der Waals surface area contributed by atoms with Crippen molar-refractivity contribution >= 4 is 16.1 Å². The number of carbonyl (C=O) groups excluding carboxylic acids is 1. The van der Waals surface area contributed by atoms with Gasteiger partial charge < -0.3 is 9.47 Å². The van der Waals surface area contributed by atoms with Crippen LogP contribution < -0.4 is 0 Å². The van der Waals surface area contributed by atoms with Gasteiger partial charge in [0.1, 0.15) is 5.76 Å². The smallest absolute Gasteiger partial charge is 0.402 e. The first-order valence-corrected chi connectivity index (χ1v) is 7.58. The number of hydrogen-bond donors (Lipinski definition) is 1. The number of hydrogen-bond acceptors (Lipinski definition) is 5. The second-order valence-electron chi connectivity index (χ2n) is 4.26. The molecular formula is C12H17F3O6S. The molecule has 0 aliphatic heterocycles. The van der Waals surface area contributed by atoms with Crippen molar-refractivity contribution in [2.45, 2.75) is 30.9 Å². The van der Waals surface area contributed by atoms with Crippen LogP contribution in [0.15, 0.2) is 24.7 Å². The molecule has 0 unspecified atom stereocenters. The van der Waals surface area contributed by atoms with Gasteiger partial charge in [-0.15, -0.1) is 0 Å². The molecule has 22 heavy (non-hydrogen) atoms. The zero-order valence-electron chi connectivity index (χ0n) is 11.7. The Labute approximate surface area is 126 Å². The zero-order valence-corrected chi connectivity index (χ0v) is 12.5. The second kappa shape index (κ2) is 8.79. The molecule has 128 valence electrons. The third-order valence-corrected chi connectivity index (χ3v) is 3.26. The highest BCUT2D eigenvalue weighted by Crippen LogP contribution is 2.20. The van der Waals surface area contributed by atoms with Gasteiger partial charge in [-0.1, -0.05) is 13.2 Å². The van der Waals surface area contributed by atoms with Crippen molar-refractivity contribution in [2.75, 3.05) is 13.2 Å². The molecule has 0 fully saturated rings. The molecule has 0 saturated carbocycles. The van der Waals surface area contributed by atoms with E-state index in [0.717, 1.165) is 0 Å². The van der Waals surface area contributed by atoms with Crippen molar-refractivity contribution in [3.63, 3.8) is 0 Å². The first-order chi connectivity index (χ1) is 9.97. The number of alkyl halides is 2. The molecular weight excluding hydrogens is 329 g/mol. The molecule has 0 bridgehead atoms. The van der Waals surface area contributed by atoms with Crippen molar-refractivity contribution in [2.24, 2.45) is 0 Å². The third-order valence-electron chi connectivity index (χ3n) is 2.38. The first kappa shape index (κ1) is 20.5. The Kier molecular flexibility index (Phi) is 8.17. The topological polar surface area (TPSA) is 89.9 Å². The van der Waals surface area contributed by atoms with E-state index in [0.29, 0.717) is 12.8 Å². The summed E-state index contributed by atoms with van der Waals surface area (Å²) in [6.07, 6.45) is 0.998. The summed E-state index contributed by atoms with van der Waals surface area (Å²) in [6.45, 7) is 4.64. The summed E-state index contributed by atoms with van der Waals surface area (Å²) in [5, 5.41) is -4.54. The van der Waals surface area contributed by atoms with Crippen LogP contribution in [0.1, 0.15) is 25.7 Å². The lowest BCUT2D eigenvalue weighted by molar-refractivity contribution is -0.149. The highest BCUT2D eigenvalue weighted by molar-refractivity contribution is 7.86. The van der Waals surface area contributed by atoms with E-state index in [-0.39, 0.29) is 25.2 Å². The maximum absolute atomic E-state index is 12.7. The minimum Gasteiger partial charge on any atom is -0.491 e. The van der Waals surface area contributed by atoms with Crippen LogP contribution in [-0.4, -0.2) is 37.4 Å². The fourth-order valence-electron chi connectivity index (χ4n) is 1.13. The molecule has 0 saturated heterocycles. The van der Waals surface area contributed by atoms with Crippen molar-refractivity contribution in [3.8, 4) is 0 Å². The average Bonchev–Trinajstić information content (AvgIpc) is 2.38. The van der Waals surface area contributed by atoms with Gasteiger partial charge in [0.2, 0.25) is 0 Å². The number of ether oxygens (including phenoxy) is 2. The fraction of sp³-hybridized carbons (Fsp3) is 0.583. The normalized spacial score (nSPS) is 11.8. The maximum atomic E-state index is 12.7. The van der Waals surface area contributed by atoms with Crippen LogP contribution >= 0.6 is 0 Å². The lowest BCUT2D eigenvalue weighted by Gasteiger charge is -2.12. The number of unbranched alkanes of at least 4 members (excludes halogenated alkanes) is 2. The van der Waals surface area contributed by atoms with Crippen LogP contribution in [0.4, 0.5) is 13.2 Å². The third kappa shape index (κ3) is 8.03. The molecule has 0 aliphatic rings. The van der Waals surface area contributed by atoms with E-state index < -0.39 is 33.8 Å². The van der Waals surface area contributed by atoms with E-state index in [1.54, 1.807) is 0 Å². The van der Waals surface area contributed by atoms with Gasteiger partial charge in [-0.25, -0.2) is 4.39 Å². The standard InChI is InChI=1S/C12H17F3O6S/c1-9(13)10(2)20-7-5-3-4-6-11(16)21-8-12(14,15)22(17,18)19/h1-8H2,(H,17,18,19). The zero-order chi connectivity index (χ0) is 17.4. The fourth-order valence-corrected chi connectivity index (χ4v) is 1.34. The molecule has 0 amide bonds. The van der Waals surface area contributed by atoms with Gasteiger partial charge in [-0.05, 0) is 19.3 Å². The van der Waals surface area contributed by atoms with Crippen LogP contribution in [0.25, 0.3) is 0 Å². The molecule has 0 radical (unpaired) electrons. The molecule has 0 spiro atoms. The van der Waals surface area contributed by atoms with Gasteiger partial charge in [0.25, 0.3) is 0 Å². The monoisotopic (exact) mass is 346 g/mol. The van der Waals surface area contributed by atoms with Crippen molar-refractivity contribution in [1.82, 2.24) is 0 Å². The molecule has 6 nitrogen and oxygen atoms in total. The van der Waals surface area contributed by atoms with Crippen LogP contribution in [0.5, 0.6) is 0 Å². The lowest BCUT2D eigenvalue weighted by atomic mass is 10.2. The average molecular weight is 346 g/mol. The van der Waals surface area contributed by atoms with Crippen LogP contribution in [-0.2, 0) is 24.4 Å². The van der Waals surface area contributed by atoms with E-state index in [1.807, 2.05) is 0 Å². The van der Waals surface area contributed by atoms with E-state index in [4.69, 9.17) is 9.29 Å². The molecule has 0 heterocycles. The van der Waals surface area contributed by atoms with Gasteiger partial charge in [-0.2, -0.15) is 17.2 Å². The Morgan fingerprint density at radius 3 is 2.23 bits per heavy atom. The highest BCUT2D eigenvalue weighted by Gasteiger charge is 2.45. The van der Waals surface area contributed by atoms with E-state index >= 15 is 0 Å². The summed E-state index contributed by atoms with van der Waals surface area (Å²) < 4.78 is 75.6. The van der Waals surface area contributed by atoms with Crippen molar-refractivity contribution in [3.05, 3.63) is 24.7 Å². The number of esters is 1. The number of halogens is 3. The van der Waals surface area contributed by atoms with Gasteiger partial charge in [0, 0.05) is 6.42 Å². The Bertz CT molecular complexity index is 515. The summed E-state index contributed by atoms with van der Waals surface area (Å²) in [7, 11) is -5.62. The SMILES string of the molecule is C=C(F)C(=C)OCCCCCC(=O)OCC(F)(F)S(=O)(=O)O. The molecule has 1 N–H and O–H groups in total. The maximum Gasteiger partial charge on any atom is 0.402 e.